The second-order valence-corrected chi connectivity index (χ2v) is 4.56. The first-order chi connectivity index (χ1) is 9.60. The lowest BCUT2D eigenvalue weighted by Gasteiger charge is -2.13. The van der Waals surface area contributed by atoms with Crippen molar-refractivity contribution < 1.29 is 14.5 Å². The summed E-state index contributed by atoms with van der Waals surface area (Å²) in [5.41, 5.74) is 0.687. The number of nitrogens with one attached hydrogen (secondary N) is 2. The van der Waals surface area contributed by atoms with E-state index in [1.807, 2.05) is 0 Å². The van der Waals surface area contributed by atoms with Crippen LogP contribution in [-0.2, 0) is 4.79 Å². The van der Waals surface area contributed by atoms with Gasteiger partial charge in [-0.1, -0.05) is 0 Å². The summed E-state index contributed by atoms with van der Waals surface area (Å²) in [7, 11) is 0. The number of benzene rings is 1. The standard InChI is InChI=1S/C13H17N3O4/c1-2-20-12-7-9(3-5-11(12)16(18)19)14-8-10-4-6-13(17)15-10/h3,5,7,10,14H,2,4,6,8H2,1H3,(H,15,17). The number of nitrogens with zero attached hydrogens (tertiary/aromatic N) is 1. The molecule has 1 aliphatic heterocycles. The molecule has 108 valence electrons. The molecule has 0 spiro atoms. The van der Waals surface area contributed by atoms with Gasteiger partial charge in [-0.2, -0.15) is 0 Å². The lowest BCUT2D eigenvalue weighted by molar-refractivity contribution is -0.385. The lowest BCUT2D eigenvalue weighted by Crippen LogP contribution is -2.31. The highest BCUT2D eigenvalue weighted by atomic mass is 16.6. The molecule has 20 heavy (non-hydrogen) atoms. The number of rotatable bonds is 6. The molecule has 2 rings (SSSR count). The van der Waals surface area contributed by atoms with Crippen LogP contribution in [0.2, 0.25) is 0 Å². The minimum absolute atomic E-state index is 0.0495. The molecule has 1 fully saturated rings. The SMILES string of the molecule is CCOc1cc(NCC2CCC(=O)N2)ccc1[N+](=O)[O-]. The Morgan fingerprint density at radius 2 is 2.35 bits per heavy atom. The van der Waals surface area contributed by atoms with Gasteiger partial charge >= 0.3 is 5.69 Å². The molecule has 2 N–H and O–H groups in total. The zero-order chi connectivity index (χ0) is 14.5. The molecule has 1 aliphatic rings. The Kier molecular flexibility index (Phi) is 4.39. The van der Waals surface area contributed by atoms with Gasteiger partial charge in [0.2, 0.25) is 5.91 Å². The van der Waals surface area contributed by atoms with E-state index in [1.165, 1.54) is 6.07 Å². The molecule has 7 nitrogen and oxygen atoms in total. The van der Waals surface area contributed by atoms with Crippen LogP contribution in [0.25, 0.3) is 0 Å². The topological polar surface area (TPSA) is 93.5 Å². The Morgan fingerprint density at radius 3 is 2.95 bits per heavy atom. The van der Waals surface area contributed by atoms with Crippen LogP contribution in [-0.4, -0.2) is 30.0 Å². The molecule has 1 amide bonds. The normalized spacial score (nSPS) is 17.6. The highest BCUT2D eigenvalue weighted by molar-refractivity contribution is 5.78. The van der Waals surface area contributed by atoms with Crippen LogP contribution >= 0.6 is 0 Å². The predicted octanol–water partition coefficient (Wildman–Crippen LogP) is 1.68. The van der Waals surface area contributed by atoms with E-state index in [-0.39, 0.29) is 23.4 Å². The minimum atomic E-state index is -0.466. The van der Waals surface area contributed by atoms with E-state index in [4.69, 9.17) is 4.74 Å². The number of hydrogen-bond donors (Lipinski definition) is 2. The van der Waals surface area contributed by atoms with Gasteiger partial charge in [-0.15, -0.1) is 0 Å². The maximum Gasteiger partial charge on any atom is 0.311 e. The van der Waals surface area contributed by atoms with E-state index in [1.54, 1.807) is 19.1 Å². The third-order valence-corrected chi connectivity index (χ3v) is 3.09. The third kappa shape index (κ3) is 3.37. The Labute approximate surface area is 116 Å². The zero-order valence-electron chi connectivity index (χ0n) is 11.2. The molecular weight excluding hydrogens is 262 g/mol. The number of hydrogen-bond acceptors (Lipinski definition) is 5. The van der Waals surface area contributed by atoms with E-state index in [0.29, 0.717) is 19.6 Å². The van der Waals surface area contributed by atoms with E-state index in [0.717, 1.165) is 12.1 Å². The molecule has 7 heteroatoms. The summed E-state index contributed by atoms with van der Waals surface area (Å²) in [5.74, 6) is 0.313. The van der Waals surface area contributed by atoms with E-state index in [2.05, 4.69) is 10.6 Å². The van der Waals surface area contributed by atoms with Crippen molar-refractivity contribution in [2.75, 3.05) is 18.5 Å². The number of amides is 1. The number of ether oxygens (including phenoxy) is 1. The van der Waals surface area contributed by atoms with Crippen LogP contribution < -0.4 is 15.4 Å². The zero-order valence-corrected chi connectivity index (χ0v) is 11.2. The molecule has 0 bridgehead atoms. The van der Waals surface area contributed by atoms with Gasteiger partial charge in [0.15, 0.2) is 5.75 Å². The van der Waals surface area contributed by atoms with E-state index in [9.17, 15) is 14.9 Å². The van der Waals surface area contributed by atoms with Gasteiger partial charge in [-0.3, -0.25) is 14.9 Å². The molecule has 0 aliphatic carbocycles. The van der Waals surface area contributed by atoms with Crippen molar-refractivity contribution in [3.8, 4) is 5.75 Å². The van der Waals surface area contributed by atoms with Crippen molar-refractivity contribution in [2.24, 2.45) is 0 Å². The lowest BCUT2D eigenvalue weighted by atomic mass is 10.2. The molecule has 0 saturated carbocycles. The Hall–Kier alpha value is -2.31. The van der Waals surface area contributed by atoms with Gasteiger partial charge in [0.25, 0.3) is 0 Å². The molecule has 1 unspecified atom stereocenters. The van der Waals surface area contributed by atoms with Crippen molar-refractivity contribution in [1.29, 1.82) is 0 Å². The number of carbonyl (C=O) groups is 1. The molecular formula is C13H17N3O4. The molecule has 1 heterocycles. The fraction of sp³-hybridized carbons (Fsp3) is 0.462. The van der Waals surface area contributed by atoms with Crippen LogP contribution in [0, 0.1) is 10.1 Å². The molecule has 0 aromatic heterocycles. The Balaban J connectivity index is 2.02. The van der Waals surface area contributed by atoms with Crippen LogP contribution in [0.3, 0.4) is 0 Å². The summed E-state index contributed by atoms with van der Waals surface area (Å²) in [4.78, 5) is 21.5. The monoisotopic (exact) mass is 279 g/mol. The first-order valence-electron chi connectivity index (χ1n) is 6.54. The van der Waals surface area contributed by atoms with Crippen LogP contribution in [0.4, 0.5) is 11.4 Å². The highest BCUT2D eigenvalue weighted by Gasteiger charge is 2.21. The summed E-state index contributed by atoms with van der Waals surface area (Å²) in [6.45, 7) is 2.73. The smallest absolute Gasteiger partial charge is 0.311 e. The summed E-state index contributed by atoms with van der Waals surface area (Å²) in [5, 5.41) is 16.9. The summed E-state index contributed by atoms with van der Waals surface area (Å²) in [6.07, 6.45) is 1.36. The predicted molar refractivity (Wildman–Crippen MR) is 73.9 cm³/mol. The summed E-state index contributed by atoms with van der Waals surface area (Å²) in [6, 6.07) is 4.77. The fourth-order valence-electron chi connectivity index (χ4n) is 2.12. The maximum atomic E-state index is 11.1. The molecule has 1 aromatic rings. The fourth-order valence-corrected chi connectivity index (χ4v) is 2.12. The second kappa shape index (κ2) is 6.23. The summed E-state index contributed by atoms with van der Waals surface area (Å²) >= 11 is 0. The van der Waals surface area contributed by atoms with E-state index >= 15 is 0 Å². The van der Waals surface area contributed by atoms with Crippen molar-refractivity contribution in [3.05, 3.63) is 28.3 Å². The molecule has 1 saturated heterocycles. The van der Waals surface area contributed by atoms with Crippen LogP contribution in [0.1, 0.15) is 19.8 Å². The van der Waals surface area contributed by atoms with Crippen LogP contribution in [0.5, 0.6) is 5.75 Å². The Morgan fingerprint density at radius 1 is 1.55 bits per heavy atom. The largest absolute Gasteiger partial charge is 0.487 e. The van der Waals surface area contributed by atoms with Gasteiger partial charge in [-0.25, -0.2) is 0 Å². The number of nitro groups is 1. The van der Waals surface area contributed by atoms with Crippen molar-refractivity contribution >= 4 is 17.3 Å². The maximum absolute atomic E-state index is 11.1. The number of anilines is 1. The second-order valence-electron chi connectivity index (χ2n) is 4.56. The molecule has 1 atom stereocenters. The highest BCUT2D eigenvalue weighted by Crippen LogP contribution is 2.30. The van der Waals surface area contributed by atoms with E-state index < -0.39 is 4.92 Å². The van der Waals surface area contributed by atoms with Gasteiger partial charge < -0.3 is 15.4 Å². The first kappa shape index (κ1) is 14.1. The van der Waals surface area contributed by atoms with Crippen molar-refractivity contribution in [2.45, 2.75) is 25.8 Å². The number of carbonyl (C=O) groups excluding carboxylic acids is 1. The third-order valence-electron chi connectivity index (χ3n) is 3.09. The van der Waals surface area contributed by atoms with Crippen molar-refractivity contribution in [1.82, 2.24) is 5.32 Å². The van der Waals surface area contributed by atoms with Crippen molar-refractivity contribution in [3.63, 3.8) is 0 Å². The average Bonchev–Trinajstić information content (AvgIpc) is 2.82. The van der Waals surface area contributed by atoms with Gasteiger partial charge in [0.05, 0.1) is 11.5 Å². The van der Waals surface area contributed by atoms with Crippen LogP contribution in [0.15, 0.2) is 18.2 Å². The first-order valence-corrected chi connectivity index (χ1v) is 6.54. The molecule has 1 aromatic carbocycles. The number of nitro benzene ring substituents is 1. The molecule has 0 radical (unpaired) electrons. The van der Waals surface area contributed by atoms with Gasteiger partial charge in [0, 0.05) is 36.8 Å². The quantitative estimate of drug-likeness (QED) is 0.610. The Bertz CT molecular complexity index is 518. The average molecular weight is 279 g/mol. The summed E-state index contributed by atoms with van der Waals surface area (Å²) < 4.78 is 5.28. The van der Waals surface area contributed by atoms with Gasteiger partial charge in [-0.05, 0) is 19.4 Å². The minimum Gasteiger partial charge on any atom is -0.487 e. The van der Waals surface area contributed by atoms with Gasteiger partial charge in [0.1, 0.15) is 0 Å².